The summed E-state index contributed by atoms with van der Waals surface area (Å²) in [5.41, 5.74) is 0. The molecule has 0 saturated carbocycles. The van der Waals surface area contributed by atoms with Gasteiger partial charge in [-0.1, -0.05) is 103 Å². The van der Waals surface area contributed by atoms with E-state index >= 15 is 0 Å². The van der Waals surface area contributed by atoms with Gasteiger partial charge in [-0.05, 0) is 13.3 Å². The second kappa shape index (κ2) is 21.7. The zero-order chi connectivity index (χ0) is 23.2. The zero-order valence-electron chi connectivity index (χ0n) is 20.7. The molecule has 0 aromatic heterocycles. The number of unbranched alkanes of at least 4 members (excludes halogenated alkanes) is 15. The van der Waals surface area contributed by atoms with Crippen molar-refractivity contribution in [2.45, 2.75) is 128 Å². The van der Waals surface area contributed by atoms with Crippen molar-refractivity contribution in [1.82, 2.24) is 0 Å². The normalized spacial score (nSPS) is 14.1. The van der Waals surface area contributed by atoms with Crippen LogP contribution in [0.4, 0.5) is 0 Å². The number of methoxy groups -OCH3 is 1. The van der Waals surface area contributed by atoms with Crippen LogP contribution >= 0.6 is 0 Å². The molecule has 0 rings (SSSR count). The lowest BCUT2D eigenvalue weighted by atomic mass is 10.0. The molecule has 187 valence electrons. The van der Waals surface area contributed by atoms with E-state index in [4.69, 9.17) is 13.7 Å². The quantitative estimate of drug-likeness (QED) is 0.116. The maximum atomic E-state index is 11.1. The van der Waals surface area contributed by atoms with Crippen LogP contribution in [0.25, 0.3) is 0 Å². The lowest BCUT2D eigenvalue weighted by Crippen LogP contribution is -2.30. The fourth-order valence-corrected chi connectivity index (χ4v) is 4.13. The number of hydrogen-bond acceptors (Lipinski definition) is 5. The molecule has 2 atom stereocenters. The van der Waals surface area contributed by atoms with Crippen LogP contribution in [-0.2, 0) is 23.8 Å². The molecule has 6 heteroatoms. The summed E-state index contributed by atoms with van der Waals surface area (Å²) in [6.07, 6.45) is 22.4. The minimum atomic E-state index is -3.42. The van der Waals surface area contributed by atoms with Gasteiger partial charge in [0.25, 0.3) is 10.1 Å². The Bertz CT molecular complexity index is 467. The predicted molar refractivity (Wildman–Crippen MR) is 131 cm³/mol. The lowest BCUT2D eigenvalue weighted by molar-refractivity contribution is -0.0460. The average molecular weight is 464 g/mol. The number of ether oxygens (including phenoxy) is 2. The maximum absolute atomic E-state index is 11.1. The first kappa shape index (κ1) is 30.8. The SMILES string of the molecule is [CH2]C(OC)C(CCOS(C)(=O)=O)OCCCCCCCCCCCCCCCCCC. The van der Waals surface area contributed by atoms with Crippen LogP contribution in [0.3, 0.4) is 0 Å². The highest BCUT2D eigenvalue weighted by atomic mass is 32.2. The van der Waals surface area contributed by atoms with Crippen LogP contribution in [0, 0.1) is 6.92 Å². The van der Waals surface area contributed by atoms with E-state index < -0.39 is 10.1 Å². The van der Waals surface area contributed by atoms with E-state index in [2.05, 4.69) is 13.8 Å². The van der Waals surface area contributed by atoms with Gasteiger partial charge in [0, 0.05) is 20.1 Å². The lowest BCUT2D eigenvalue weighted by Gasteiger charge is -2.23. The third-order valence-electron chi connectivity index (χ3n) is 5.75. The van der Waals surface area contributed by atoms with Gasteiger partial charge in [0.05, 0.1) is 25.1 Å². The van der Waals surface area contributed by atoms with Crippen molar-refractivity contribution in [3.63, 3.8) is 0 Å². The molecule has 0 aliphatic carbocycles. The van der Waals surface area contributed by atoms with E-state index in [-0.39, 0.29) is 18.8 Å². The van der Waals surface area contributed by atoms with E-state index in [9.17, 15) is 8.42 Å². The molecule has 0 N–H and O–H groups in total. The molecule has 5 nitrogen and oxygen atoms in total. The van der Waals surface area contributed by atoms with E-state index in [0.29, 0.717) is 13.0 Å². The Kier molecular flexibility index (Phi) is 21.5. The Morgan fingerprint density at radius 2 is 1.13 bits per heavy atom. The number of hydrogen-bond donors (Lipinski definition) is 0. The summed E-state index contributed by atoms with van der Waals surface area (Å²) in [5, 5.41) is 0. The molecule has 0 aromatic rings. The topological polar surface area (TPSA) is 61.8 Å². The van der Waals surface area contributed by atoms with Crippen molar-refractivity contribution in [2.75, 3.05) is 26.6 Å². The van der Waals surface area contributed by atoms with Gasteiger partial charge in [0.15, 0.2) is 0 Å². The van der Waals surface area contributed by atoms with Crippen LogP contribution < -0.4 is 0 Å². The Morgan fingerprint density at radius 3 is 1.52 bits per heavy atom. The molecule has 0 heterocycles. The van der Waals surface area contributed by atoms with Gasteiger partial charge in [-0.3, -0.25) is 4.18 Å². The van der Waals surface area contributed by atoms with Crippen molar-refractivity contribution < 1.29 is 22.1 Å². The van der Waals surface area contributed by atoms with Crippen LogP contribution in [0.1, 0.15) is 116 Å². The third-order valence-corrected chi connectivity index (χ3v) is 6.34. The first-order valence-corrected chi connectivity index (χ1v) is 14.5. The van der Waals surface area contributed by atoms with E-state index in [1.54, 1.807) is 7.11 Å². The molecule has 0 aliphatic heterocycles. The number of rotatable bonds is 24. The largest absolute Gasteiger partial charge is 0.379 e. The molecule has 0 aliphatic rings. The molecule has 31 heavy (non-hydrogen) atoms. The maximum Gasteiger partial charge on any atom is 0.264 e. The molecular weight excluding hydrogens is 412 g/mol. The third kappa shape index (κ3) is 22.8. The Balaban J connectivity index is 3.48. The van der Waals surface area contributed by atoms with Crippen molar-refractivity contribution in [2.24, 2.45) is 0 Å². The average Bonchev–Trinajstić information content (AvgIpc) is 2.73. The van der Waals surface area contributed by atoms with Gasteiger partial charge in [0.2, 0.25) is 0 Å². The molecule has 0 saturated heterocycles. The van der Waals surface area contributed by atoms with E-state index in [1.807, 2.05) is 0 Å². The Morgan fingerprint density at radius 1 is 0.710 bits per heavy atom. The standard InChI is InChI=1S/C25H51O5S/c1-5-6-7-8-9-10-11-12-13-14-15-16-17-18-19-20-22-29-25(24(2)28-3)21-23-30-31(4,26)27/h24-25H,2,5-23H2,1,3-4H3. The smallest absolute Gasteiger partial charge is 0.264 e. The second-order valence-corrected chi connectivity index (χ2v) is 10.4. The summed E-state index contributed by atoms with van der Waals surface area (Å²) < 4.78 is 38.0. The van der Waals surface area contributed by atoms with Gasteiger partial charge in [-0.2, -0.15) is 8.42 Å². The van der Waals surface area contributed by atoms with E-state index in [0.717, 1.165) is 12.7 Å². The summed E-state index contributed by atoms with van der Waals surface area (Å²) in [5.74, 6) is 0. The molecule has 0 bridgehead atoms. The molecule has 2 unspecified atom stereocenters. The van der Waals surface area contributed by atoms with Crippen LogP contribution in [0.15, 0.2) is 0 Å². The van der Waals surface area contributed by atoms with Crippen molar-refractivity contribution in [1.29, 1.82) is 0 Å². The summed E-state index contributed by atoms with van der Waals surface area (Å²) in [4.78, 5) is 0. The highest BCUT2D eigenvalue weighted by Gasteiger charge is 2.18. The molecule has 0 spiro atoms. The van der Waals surface area contributed by atoms with Crippen LogP contribution in [0.5, 0.6) is 0 Å². The van der Waals surface area contributed by atoms with Crippen molar-refractivity contribution in [3.05, 3.63) is 6.92 Å². The zero-order valence-corrected chi connectivity index (χ0v) is 21.6. The predicted octanol–water partition coefficient (Wildman–Crippen LogP) is 6.85. The summed E-state index contributed by atoms with van der Waals surface area (Å²) >= 11 is 0. The summed E-state index contributed by atoms with van der Waals surface area (Å²) in [6, 6.07) is 0. The van der Waals surface area contributed by atoms with Gasteiger partial charge < -0.3 is 9.47 Å². The minimum Gasteiger partial charge on any atom is -0.379 e. The Hall–Kier alpha value is -0.170. The summed E-state index contributed by atoms with van der Waals surface area (Å²) in [7, 11) is -1.84. The first-order chi connectivity index (χ1) is 14.9. The second-order valence-electron chi connectivity index (χ2n) is 8.80. The van der Waals surface area contributed by atoms with Gasteiger partial charge >= 0.3 is 0 Å². The van der Waals surface area contributed by atoms with Crippen LogP contribution in [0.2, 0.25) is 0 Å². The fraction of sp³-hybridized carbons (Fsp3) is 0.960. The molecule has 0 aromatic carbocycles. The van der Waals surface area contributed by atoms with E-state index in [1.165, 1.54) is 96.3 Å². The van der Waals surface area contributed by atoms with Gasteiger partial charge in [0.1, 0.15) is 0 Å². The first-order valence-electron chi connectivity index (χ1n) is 12.7. The molecule has 0 fully saturated rings. The van der Waals surface area contributed by atoms with Crippen molar-refractivity contribution in [3.8, 4) is 0 Å². The molecular formula is C25H51O5S. The summed E-state index contributed by atoms with van der Waals surface area (Å²) in [6.45, 7) is 6.93. The highest BCUT2D eigenvalue weighted by Crippen LogP contribution is 2.14. The van der Waals surface area contributed by atoms with Crippen LogP contribution in [-0.4, -0.2) is 47.2 Å². The van der Waals surface area contributed by atoms with Gasteiger partial charge in [-0.15, -0.1) is 0 Å². The monoisotopic (exact) mass is 463 g/mol. The molecule has 0 amide bonds. The minimum absolute atomic E-state index is 0.0951. The highest BCUT2D eigenvalue weighted by molar-refractivity contribution is 7.85. The fourth-order valence-electron chi connectivity index (χ4n) is 3.73. The van der Waals surface area contributed by atoms with Gasteiger partial charge in [-0.25, -0.2) is 0 Å². The Labute approximate surface area is 194 Å². The van der Waals surface area contributed by atoms with Crippen molar-refractivity contribution >= 4 is 10.1 Å². The molecule has 1 radical (unpaired) electrons.